The predicted molar refractivity (Wildman–Crippen MR) is 167 cm³/mol. The second-order valence-electron chi connectivity index (χ2n) is 11.6. The van der Waals surface area contributed by atoms with E-state index in [0.29, 0.717) is 36.6 Å². The van der Waals surface area contributed by atoms with Crippen LogP contribution >= 0.6 is 12.4 Å². The summed E-state index contributed by atoms with van der Waals surface area (Å²) in [5.74, 6) is -0.587. The maximum absolute atomic E-state index is 13.6. The minimum atomic E-state index is -5.13. The lowest BCUT2D eigenvalue weighted by Gasteiger charge is -2.46. The number of amidine groups is 1. The fourth-order valence-electron chi connectivity index (χ4n) is 6.00. The summed E-state index contributed by atoms with van der Waals surface area (Å²) in [6.07, 6.45) is -8.12. The van der Waals surface area contributed by atoms with E-state index in [4.69, 9.17) is 10.8 Å². The number of carbonyl (C=O) groups is 1. The molecule has 0 bridgehead atoms. The van der Waals surface area contributed by atoms with Crippen molar-refractivity contribution in [3.63, 3.8) is 0 Å². The summed E-state index contributed by atoms with van der Waals surface area (Å²) < 4.78 is 122. The van der Waals surface area contributed by atoms with Gasteiger partial charge in [0.15, 0.2) is 0 Å². The second-order valence-corrected chi connectivity index (χ2v) is 11.6. The number of carboxylic acid groups (broad SMARTS) is 1. The van der Waals surface area contributed by atoms with E-state index in [1.807, 2.05) is 0 Å². The first-order chi connectivity index (χ1) is 21.8. The van der Waals surface area contributed by atoms with Crippen LogP contribution in [0.4, 0.5) is 50.9 Å². The van der Waals surface area contributed by atoms with Gasteiger partial charge in [-0.3, -0.25) is 4.79 Å². The number of alkyl halides is 9. The number of halogens is 10. The number of likely N-dealkylation sites (N-methyl/N-ethyl adjacent to an activating group) is 1. The summed E-state index contributed by atoms with van der Waals surface area (Å²) in [6, 6.07) is 1.95. The van der Waals surface area contributed by atoms with Crippen molar-refractivity contribution < 1.29 is 49.4 Å². The van der Waals surface area contributed by atoms with Crippen molar-refractivity contribution in [2.24, 2.45) is 16.8 Å². The molecule has 1 fully saturated rings. The molecule has 17 heteroatoms. The molecule has 7 nitrogen and oxygen atoms in total. The van der Waals surface area contributed by atoms with Crippen LogP contribution in [0, 0.1) is 5.92 Å². The van der Waals surface area contributed by atoms with Crippen molar-refractivity contribution in [1.29, 1.82) is 0 Å². The molecule has 0 saturated heterocycles. The number of fused-ring (bicyclic) bond motifs is 1. The monoisotopic (exact) mass is 719 g/mol. The van der Waals surface area contributed by atoms with Gasteiger partial charge in [0.05, 0.1) is 28.1 Å². The second kappa shape index (κ2) is 16.2. The van der Waals surface area contributed by atoms with Gasteiger partial charge in [0.1, 0.15) is 11.9 Å². The van der Waals surface area contributed by atoms with Gasteiger partial charge in [-0.2, -0.15) is 44.6 Å². The Morgan fingerprint density at radius 3 is 1.92 bits per heavy atom. The first kappa shape index (κ1) is 40.6. The predicted octanol–water partition coefficient (Wildman–Crippen LogP) is 8.47. The molecule has 0 radical (unpaired) electrons. The van der Waals surface area contributed by atoms with Gasteiger partial charge in [-0.05, 0) is 67.1 Å². The lowest BCUT2D eigenvalue weighted by atomic mass is 9.87. The maximum Gasteiger partial charge on any atom is 0.416 e. The lowest BCUT2D eigenvalue weighted by Crippen LogP contribution is -2.51. The van der Waals surface area contributed by atoms with Crippen LogP contribution in [0.1, 0.15) is 80.2 Å². The quantitative estimate of drug-likeness (QED) is 0.115. The van der Waals surface area contributed by atoms with Gasteiger partial charge in [0.2, 0.25) is 0 Å². The van der Waals surface area contributed by atoms with E-state index in [9.17, 15) is 44.3 Å². The molecule has 2 unspecified atom stereocenters. The van der Waals surface area contributed by atoms with E-state index in [1.165, 1.54) is 37.3 Å². The van der Waals surface area contributed by atoms with Crippen LogP contribution in [-0.4, -0.2) is 43.6 Å². The lowest BCUT2D eigenvalue weighted by molar-refractivity contribution is -0.143. The number of nitrogens with zero attached hydrogens (tertiary/aromatic N) is 3. The third-order valence-electron chi connectivity index (χ3n) is 8.37. The van der Waals surface area contributed by atoms with E-state index >= 15 is 0 Å². The summed E-state index contributed by atoms with van der Waals surface area (Å²) >= 11 is 0. The van der Waals surface area contributed by atoms with Crippen LogP contribution in [-0.2, 0) is 23.3 Å². The zero-order valence-corrected chi connectivity index (χ0v) is 27.3. The van der Waals surface area contributed by atoms with Gasteiger partial charge in [-0.15, -0.1) is 12.4 Å². The Morgan fingerprint density at radius 1 is 0.917 bits per heavy atom. The molecule has 1 aliphatic carbocycles. The Hall–Kier alpha value is -3.56. The molecule has 270 valence electrons. The third-order valence-corrected chi connectivity index (χ3v) is 8.37. The minimum Gasteiger partial charge on any atom is -0.481 e. The van der Waals surface area contributed by atoms with E-state index in [2.05, 4.69) is 10.5 Å². The molecule has 48 heavy (non-hydrogen) atoms. The highest BCUT2D eigenvalue weighted by Gasteiger charge is 2.41. The molecule has 4 rings (SSSR count). The highest BCUT2D eigenvalue weighted by atomic mass is 35.5. The number of benzene rings is 2. The first-order valence-electron chi connectivity index (χ1n) is 15.0. The molecule has 0 aromatic heterocycles. The Bertz CT molecular complexity index is 1380. The summed E-state index contributed by atoms with van der Waals surface area (Å²) in [7, 11) is 2.95. The fraction of sp³-hybridized carbons (Fsp3) is 0.548. The van der Waals surface area contributed by atoms with Crippen molar-refractivity contribution in [3.8, 4) is 0 Å². The topological polar surface area (TPSA) is 94.2 Å². The van der Waals surface area contributed by atoms with Crippen LogP contribution in [0.3, 0.4) is 0 Å². The smallest absolute Gasteiger partial charge is 0.416 e. The summed E-state index contributed by atoms with van der Waals surface area (Å²) in [5.41, 5.74) is 3.92. The number of hydrogen-bond donors (Lipinski definition) is 3. The SMILES string of the molecule is CCC1CN(C(/C(N)=N/NC)c2cc(C(F)(F)F)cc(C(F)(F)F)c2)c2cc(C(F)(F)F)ccc2N1C.Cl.O=C(O)CC1CCCCC1. The molecular formula is C31H39ClF9N5O2. The number of nitrogens with two attached hydrogens (primary N) is 1. The van der Waals surface area contributed by atoms with Crippen LogP contribution in [0.5, 0.6) is 0 Å². The van der Waals surface area contributed by atoms with E-state index in [0.717, 1.165) is 25.0 Å². The average molecular weight is 720 g/mol. The molecular weight excluding hydrogens is 681 g/mol. The summed E-state index contributed by atoms with van der Waals surface area (Å²) in [5, 5.41) is 12.2. The minimum absolute atomic E-state index is 0. The molecule has 2 aromatic carbocycles. The Labute approximate surface area is 278 Å². The van der Waals surface area contributed by atoms with Gasteiger partial charge in [-0.25, -0.2) is 0 Å². The molecule has 4 N–H and O–H groups in total. The van der Waals surface area contributed by atoms with Gasteiger partial charge in [0.25, 0.3) is 0 Å². The molecule has 2 aromatic rings. The van der Waals surface area contributed by atoms with E-state index in [-0.39, 0.29) is 36.7 Å². The van der Waals surface area contributed by atoms with Gasteiger partial charge >= 0.3 is 24.5 Å². The van der Waals surface area contributed by atoms with Crippen molar-refractivity contribution >= 4 is 35.6 Å². The third kappa shape index (κ3) is 10.2. The standard InChI is InChI=1S/C23H24F9N5.C8H14O2.ClH/c1-4-16-11-37(18-10-13(21(24,25)26)5-6-17(18)36(16)3)19(20(33)35-34-2)12-7-14(22(27,28)29)9-15(8-12)23(30,31)32;9-8(10)6-7-4-2-1-3-5-7;/h5-10,16,19,34H,4,11H2,1-3H3,(H2,33,35);7H,1-6H2,(H,9,10);1H. The molecule has 0 spiro atoms. The van der Waals surface area contributed by atoms with Crippen LogP contribution in [0.25, 0.3) is 0 Å². The number of anilines is 2. The number of rotatable bonds is 7. The number of carboxylic acids is 1. The van der Waals surface area contributed by atoms with E-state index in [1.54, 1.807) is 18.9 Å². The highest BCUT2D eigenvalue weighted by molar-refractivity contribution is 5.92. The molecule has 2 atom stereocenters. The first-order valence-corrected chi connectivity index (χ1v) is 15.0. The van der Waals surface area contributed by atoms with E-state index < -0.39 is 58.6 Å². The van der Waals surface area contributed by atoms with Crippen LogP contribution in [0.15, 0.2) is 41.5 Å². The average Bonchev–Trinajstić information content (AvgIpc) is 2.97. The highest BCUT2D eigenvalue weighted by Crippen LogP contribution is 2.45. The molecule has 2 aliphatic rings. The molecule has 0 amide bonds. The van der Waals surface area contributed by atoms with Crippen molar-refractivity contribution in [1.82, 2.24) is 5.43 Å². The van der Waals surface area contributed by atoms with Gasteiger partial charge in [-0.1, -0.05) is 26.2 Å². The number of aliphatic carboxylic acids is 1. The number of hydrogen-bond acceptors (Lipinski definition) is 5. The summed E-state index contributed by atoms with van der Waals surface area (Å²) in [6.45, 7) is 1.74. The zero-order valence-electron chi connectivity index (χ0n) is 26.4. The zero-order chi connectivity index (χ0) is 35.3. The number of hydrazone groups is 1. The van der Waals surface area contributed by atoms with Gasteiger partial charge in [0, 0.05) is 33.1 Å². The van der Waals surface area contributed by atoms with Crippen LogP contribution in [0.2, 0.25) is 0 Å². The Balaban J connectivity index is 0.000000622. The molecule has 1 heterocycles. The molecule has 1 aliphatic heterocycles. The Kier molecular flexibility index (Phi) is 13.7. The Morgan fingerprint density at radius 2 is 1.46 bits per heavy atom. The van der Waals surface area contributed by atoms with Crippen molar-refractivity contribution in [2.45, 2.75) is 82.5 Å². The van der Waals surface area contributed by atoms with Crippen molar-refractivity contribution in [2.75, 3.05) is 30.4 Å². The van der Waals surface area contributed by atoms with Gasteiger partial charge < -0.3 is 26.1 Å². The summed E-state index contributed by atoms with van der Waals surface area (Å²) in [4.78, 5) is 13.2. The maximum atomic E-state index is 13.6. The molecule has 1 saturated carbocycles. The number of nitrogens with one attached hydrogen (secondary N) is 1. The van der Waals surface area contributed by atoms with Crippen LogP contribution < -0.4 is 21.0 Å². The largest absolute Gasteiger partial charge is 0.481 e. The fourth-order valence-corrected chi connectivity index (χ4v) is 6.00. The normalized spacial score (nSPS) is 18.2. The van der Waals surface area contributed by atoms with Crippen molar-refractivity contribution in [3.05, 3.63) is 58.7 Å².